The van der Waals surface area contributed by atoms with Gasteiger partial charge in [0.15, 0.2) is 0 Å². The third kappa shape index (κ3) is 2.50. The van der Waals surface area contributed by atoms with Crippen LogP contribution in [0.25, 0.3) is 10.8 Å². The summed E-state index contributed by atoms with van der Waals surface area (Å²) in [5.74, 6) is 0.832. The summed E-state index contributed by atoms with van der Waals surface area (Å²) >= 11 is 0. The molecular formula is C16H18O. The number of rotatable bonds is 2. The predicted octanol–water partition coefficient (Wildman–Crippen LogP) is 4.66. The van der Waals surface area contributed by atoms with Gasteiger partial charge in [0.05, 0.1) is 6.26 Å². The molecule has 0 N–H and O–H groups in total. The quantitative estimate of drug-likeness (QED) is 0.677. The summed E-state index contributed by atoms with van der Waals surface area (Å²) in [6.07, 6.45) is 1.45. The van der Waals surface area contributed by atoms with Crippen molar-refractivity contribution in [2.75, 3.05) is 0 Å². The molecule has 88 valence electrons. The van der Waals surface area contributed by atoms with Crippen molar-refractivity contribution < 1.29 is 4.74 Å². The second-order valence-electron chi connectivity index (χ2n) is 5.26. The first-order valence-corrected chi connectivity index (χ1v) is 5.82. The van der Waals surface area contributed by atoms with Crippen LogP contribution < -0.4 is 4.74 Å². The lowest BCUT2D eigenvalue weighted by Crippen LogP contribution is -2.10. The number of fused-ring (bicyclic) bond motifs is 1. The van der Waals surface area contributed by atoms with E-state index in [1.54, 1.807) is 0 Å². The van der Waals surface area contributed by atoms with Crippen LogP contribution in [0.15, 0.2) is 49.2 Å². The Labute approximate surface area is 103 Å². The fourth-order valence-electron chi connectivity index (χ4n) is 1.86. The normalized spacial score (nSPS) is 11.5. The molecule has 0 unspecified atom stereocenters. The molecule has 0 bridgehead atoms. The van der Waals surface area contributed by atoms with E-state index in [1.165, 1.54) is 22.6 Å². The van der Waals surface area contributed by atoms with Crippen molar-refractivity contribution >= 4 is 10.8 Å². The summed E-state index contributed by atoms with van der Waals surface area (Å²) in [7, 11) is 0. The van der Waals surface area contributed by atoms with Crippen molar-refractivity contribution in [3.8, 4) is 5.75 Å². The van der Waals surface area contributed by atoms with Gasteiger partial charge in [-0.25, -0.2) is 0 Å². The number of hydrogen-bond donors (Lipinski definition) is 0. The van der Waals surface area contributed by atoms with Crippen molar-refractivity contribution in [3.05, 3.63) is 54.8 Å². The molecule has 0 aliphatic rings. The minimum Gasteiger partial charge on any atom is -0.466 e. The molecule has 0 amide bonds. The molecule has 0 heterocycles. The van der Waals surface area contributed by atoms with Crippen molar-refractivity contribution in [1.29, 1.82) is 0 Å². The lowest BCUT2D eigenvalue weighted by molar-refractivity contribution is 0.484. The molecule has 2 aromatic carbocycles. The van der Waals surface area contributed by atoms with E-state index in [2.05, 4.69) is 51.6 Å². The molecule has 0 atom stereocenters. The summed E-state index contributed by atoms with van der Waals surface area (Å²) in [6.45, 7) is 10.2. The molecule has 0 aliphatic carbocycles. The highest BCUT2D eigenvalue weighted by atomic mass is 16.5. The molecule has 0 aromatic heterocycles. The first kappa shape index (κ1) is 11.7. The largest absolute Gasteiger partial charge is 0.466 e. The van der Waals surface area contributed by atoms with E-state index in [1.807, 2.05) is 12.1 Å². The predicted molar refractivity (Wildman–Crippen MR) is 73.5 cm³/mol. The molecule has 0 aliphatic heterocycles. The summed E-state index contributed by atoms with van der Waals surface area (Å²) in [4.78, 5) is 0. The summed E-state index contributed by atoms with van der Waals surface area (Å²) in [5.41, 5.74) is 1.50. The highest BCUT2D eigenvalue weighted by molar-refractivity contribution is 5.84. The van der Waals surface area contributed by atoms with Gasteiger partial charge in [-0.15, -0.1) is 0 Å². The zero-order valence-electron chi connectivity index (χ0n) is 10.7. The van der Waals surface area contributed by atoms with Crippen LogP contribution in [-0.2, 0) is 5.41 Å². The third-order valence-corrected chi connectivity index (χ3v) is 2.90. The molecular weight excluding hydrogens is 208 g/mol. The van der Waals surface area contributed by atoms with Gasteiger partial charge in [0.2, 0.25) is 0 Å². The highest BCUT2D eigenvalue weighted by Gasteiger charge is 2.13. The summed E-state index contributed by atoms with van der Waals surface area (Å²) in [5, 5.41) is 2.44. The van der Waals surface area contributed by atoms with E-state index in [0.29, 0.717) is 0 Å². The van der Waals surface area contributed by atoms with E-state index in [9.17, 15) is 0 Å². The second kappa shape index (κ2) is 4.25. The van der Waals surface area contributed by atoms with E-state index in [-0.39, 0.29) is 5.41 Å². The van der Waals surface area contributed by atoms with Crippen LogP contribution in [0.4, 0.5) is 0 Å². The Morgan fingerprint density at radius 2 is 1.71 bits per heavy atom. The van der Waals surface area contributed by atoms with Gasteiger partial charge in [-0.2, -0.15) is 0 Å². The Balaban J connectivity index is 2.54. The van der Waals surface area contributed by atoms with Gasteiger partial charge in [-0.05, 0) is 33.9 Å². The lowest BCUT2D eigenvalue weighted by Gasteiger charge is -2.19. The van der Waals surface area contributed by atoms with Crippen LogP contribution >= 0.6 is 0 Å². The van der Waals surface area contributed by atoms with Crippen LogP contribution in [-0.4, -0.2) is 0 Å². The van der Waals surface area contributed by atoms with Gasteiger partial charge < -0.3 is 4.74 Å². The number of benzene rings is 2. The SMILES string of the molecule is C=COc1ccc2ccc(C(C)(C)C)cc2c1. The maximum Gasteiger partial charge on any atom is 0.127 e. The molecule has 0 saturated heterocycles. The van der Waals surface area contributed by atoms with E-state index in [4.69, 9.17) is 4.74 Å². The average Bonchev–Trinajstić information content (AvgIpc) is 2.27. The van der Waals surface area contributed by atoms with Crippen LogP contribution in [0, 0.1) is 0 Å². The van der Waals surface area contributed by atoms with Crippen molar-refractivity contribution in [3.63, 3.8) is 0 Å². The Morgan fingerprint density at radius 1 is 1.00 bits per heavy atom. The molecule has 1 nitrogen and oxygen atoms in total. The summed E-state index contributed by atoms with van der Waals surface area (Å²) < 4.78 is 5.30. The van der Waals surface area contributed by atoms with Crippen LogP contribution in [0.1, 0.15) is 26.3 Å². The smallest absolute Gasteiger partial charge is 0.127 e. The third-order valence-electron chi connectivity index (χ3n) is 2.90. The Hall–Kier alpha value is -1.76. The fourth-order valence-corrected chi connectivity index (χ4v) is 1.86. The summed E-state index contributed by atoms with van der Waals surface area (Å²) in [6, 6.07) is 12.7. The minimum absolute atomic E-state index is 0.170. The fraction of sp³-hybridized carbons (Fsp3) is 0.250. The molecule has 1 heteroatoms. The van der Waals surface area contributed by atoms with Gasteiger partial charge in [-0.1, -0.05) is 51.6 Å². The van der Waals surface area contributed by atoms with Crippen molar-refractivity contribution in [2.45, 2.75) is 26.2 Å². The minimum atomic E-state index is 0.170. The van der Waals surface area contributed by atoms with Crippen LogP contribution in [0.3, 0.4) is 0 Å². The molecule has 0 fully saturated rings. The first-order valence-electron chi connectivity index (χ1n) is 5.82. The Kier molecular flexibility index (Phi) is 2.93. The number of ether oxygens (including phenoxy) is 1. The van der Waals surface area contributed by atoms with Crippen molar-refractivity contribution in [2.24, 2.45) is 0 Å². The van der Waals surface area contributed by atoms with Gasteiger partial charge in [0.1, 0.15) is 5.75 Å². The first-order chi connectivity index (χ1) is 8.00. The second-order valence-corrected chi connectivity index (χ2v) is 5.26. The molecule has 0 radical (unpaired) electrons. The molecule has 2 aromatic rings. The Morgan fingerprint density at radius 3 is 2.35 bits per heavy atom. The lowest BCUT2D eigenvalue weighted by atomic mass is 9.86. The maximum atomic E-state index is 5.30. The molecule has 0 spiro atoms. The monoisotopic (exact) mass is 226 g/mol. The van der Waals surface area contributed by atoms with Crippen LogP contribution in [0.2, 0.25) is 0 Å². The topological polar surface area (TPSA) is 9.23 Å². The van der Waals surface area contributed by atoms with Crippen LogP contribution in [0.5, 0.6) is 5.75 Å². The number of hydrogen-bond acceptors (Lipinski definition) is 1. The van der Waals surface area contributed by atoms with E-state index >= 15 is 0 Å². The van der Waals surface area contributed by atoms with E-state index in [0.717, 1.165) is 5.75 Å². The van der Waals surface area contributed by atoms with Gasteiger partial charge in [0.25, 0.3) is 0 Å². The molecule has 17 heavy (non-hydrogen) atoms. The van der Waals surface area contributed by atoms with Gasteiger partial charge in [0, 0.05) is 0 Å². The van der Waals surface area contributed by atoms with Gasteiger partial charge in [-0.3, -0.25) is 0 Å². The standard InChI is InChI=1S/C16H18O/c1-5-17-15-9-7-12-6-8-14(16(2,3)4)10-13(12)11-15/h5-11H,1H2,2-4H3. The van der Waals surface area contributed by atoms with Gasteiger partial charge >= 0.3 is 0 Å². The highest BCUT2D eigenvalue weighted by Crippen LogP contribution is 2.28. The Bertz CT molecular complexity index is 547. The van der Waals surface area contributed by atoms with Crippen molar-refractivity contribution in [1.82, 2.24) is 0 Å². The zero-order valence-corrected chi connectivity index (χ0v) is 10.7. The maximum absolute atomic E-state index is 5.30. The molecule has 0 saturated carbocycles. The van der Waals surface area contributed by atoms with E-state index < -0.39 is 0 Å². The molecule has 2 rings (SSSR count). The average molecular weight is 226 g/mol. The zero-order chi connectivity index (χ0) is 12.5.